The van der Waals surface area contributed by atoms with E-state index in [0.717, 1.165) is 128 Å². The number of hydrogen-bond acceptors (Lipinski definition) is 6. The lowest BCUT2D eigenvalue weighted by atomic mass is 10.1. The third-order valence-electron chi connectivity index (χ3n) is 14.2. The summed E-state index contributed by atoms with van der Waals surface area (Å²) >= 11 is 0. The summed E-state index contributed by atoms with van der Waals surface area (Å²) in [5.74, 6) is -0.902. The lowest BCUT2D eigenvalue weighted by molar-refractivity contribution is -0.167. The molecule has 0 heterocycles. The van der Waals surface area contributed by atoms with Gasteiger partial charge in [0.05, 0.1) is 0 Å². The molecule has 0 bridgehead atoms. The third kappa shape index (κ3) is 64.8. The standard InChI is InChI=1S/C73H124O6/c1-4-7-10-13-16-19-22-25-28-30-32-34-35-36-37-39-40-42-45-48-51-54-57-60-63-66-72(75)78-69-70(68-77-71(74)65-62-59-56-53-50-47-44-27-24-21-18-15-12-9-6-3)79-73(76)67-64-61-58-55-52-49-46-43-41-38-33-31-29-26-23-20-17-14-11-8-5-2/h7,10,16,18-19,21,23,25-28,31-34,36-37,44,70H,4-6,8-9,11-15,17,20,22,24,29-30,35,38-43,45-69H2,1-3H3/b10-7-,19-16-,21-18-,26-23-,28-25-,33-31-,34-32-,37-36-,44-27-. The highest BCUT2D eigenvalue weighted by atomic mass is 16.6. The Morgan fingerprint density at radius 2 is 0.494 bits per heavy atom. The molecule has 0 fully saturated rings. The minimum atomic E-state index is -0.792. The quantitative estimate of drug-likeness (QED) is 0.0261. The predicted molar refractivity (Wildman–Crippen MR) is 343 cm³/mol. The van der Waals surface area contributed by atoms with E-state index in [4.69, 9.17) is 14.2 Å². The van der Waals surface area contributed by atoms with Crippen molar-refractivity contribution in [3.63, 3.8) is 0 Å². The summed E-state index contributed by atoms with van der Waals surface area (Å²) in [5, 5.41) is 0. The van der Waals surface area contributed by atoms with Crippen LogP contribution in [0.2, 0.25) is 0 Å². The van der Waals surface area contributed by atoms with Gasteiger partial charge in [-0.15, -0.1) is 0 Å². The van der Waals surface area contributed by atoms with Crippen LogP contribution in [0.25, 0.3) is 0 Å². The van der Waals surface area contributed by atoms with Gasteiger partial charge < -0.3 is 14.2 Å². The van der Waals surface area contributed by atoms with Crippen LogP contribution in [-0.2, 0) is 28.6 Å². The molecule has 0 aliphatic carbocycles. The van der Waals surface area contributed by atoms with Crippen LogP contribution < -0.4 is 0 Å². The van der Waals surface area contributed by atoms with E-state index in [1.165, 1.54) is 148 Å². The van der Waals surface area contributed by atoms with Crippen molar-refractivity contribution < 1.29 is 28.6 Å². The molecule has 1 unspecified atom stereocenters. The van der Waals surface area contributed by atoms with Gasteiger partial charge in [-0.1, -0.05) is 278 Å². The Balaban J connectivity index is 4.38. The summed E-state index contributed by atoms with van der Waals surface area (Å²) in [6.07, 6.45) is 90.9. The maximum Gasteiger partial charge on any atom is 0.306 e. The normalized spacial score (nSPS) is 12.8. The molecule has 0 spiro atoms. The molecule has 0 radical (unpaired) electrons. The van der Waals surface area contributed by atoms with Gasteiger partial charge in [0.2, 0.25) is 0 Å². The van der Waals surface area contributed by atoms with E-state index in [9.17, 15) is 14.4 Å². The molecule has 0 aromatic rings. The zero-order valence-corrected chi connectivity index (χ0v) is 51.9. The second kappa shape index (κ2) is 66.6. The van der Waals surface area contributed by atoms with E-state index in [1.54, 1.807) is 0 Å². The van der Waals surface area contributed by atoms with Crippen molar-refractivity contribution in [1.29, 1.82) is 0 Å². The van der Waals surface area contributed by atoms with Gasteiger partial charge in [0.25, 0.3) is 0 Å². The topological polar surface area (TPSA) is 78.9 Å². The molecule has 0 aliphatic heterocycles. The molecule has 0 saturated heterocycles. The molecule has 6 nitrogen and oxygen atoms in total. The predicted octanol–water partition coefficient (Wildman–Crippen LogP) is 23.0. The molecule has 0 aromatic heterocycles. The molecule has 6 heteroatoms. The lowest BCUT2D eigenvalue weighted by Gasteiger charge is -2.18. The number of allylic oxidation sites excluding steroid dienone is 18. The molecule has 0 rings (SSSR count). The fourth-order valence-corrected chi connectivity index (χ4v) is 9.24. The fourth-order valence-electron chi connectivity index (χ4n) is 9.24. The van der Waals surface area contributed by atoms with Crippen molar-refractivity contribution in [2.45, 2.75) is 322 Å². The number of unbranched alkanes of at least 4 members (excludes halogenated alkanes) is 31. The van der Waals surface area contributed by atoms with Crippen molar-refractivity contribution in [3.8, 4) is 0 Å². The molecule has 0 saturated carbocycles. The van der Waals surface area contributed by atoms with E-state index in [1.807, 2.05) is 0 Å². The lowest BCUT2D eigenvalue weighted by Crippen LogP contribution is -2.30. The number of esters is 3. The Labute approximate surface area is 489 Å². The number of carbonyl (C=O) groups is 3. The Morgan fingerprint density at radius 3 is 0.797 bits per heavy atom. The highest BCUT2D eigenvalue weighted by Crippen LogP contribution is 2.16. The monoisotopic (exact) mass is 1100 g/mol. The number of rotatable bonds is 60. The zero-order valence-electron chi connectivity index (χ0n) is 51.9. The van der Waals surface area contributed by atoms with Crippen molar-refractivity contribution in [3.05, 3.63) is 109 Å². The molecular formula is C73H124O6. The summed E-state index contributed by atoms with van der Waals surface area (Å²) in [5.41, 5.74) is 0. The summed E-state index contributed by atoms with van der Waals surface area (Å²) in [7, 11) is 0. The largest absolute Gasteiger partial charge is 0.462 e. The maximum atomic E-state index is 12.9. The van der Waals surface area contributed by atoms with Gasteiger partial charge in [0.1, 0.15) is 13.2 Å². The van der Waals surface area contributed by atoms with Gasteiger partial charge >= 0.3 is 17.9 Å². The van der Waals surface area contributed by atoms with Gasteiger partial charge in [0.15, 0.2) is 6.10 Å². The Hall–Kier alpha value is -3.93. The second-order valence-electron chi connectivity index (χ2n) is 22.0. The molecular weight excluding hydrogens is 973 g/mol. The van der Waals surface area contributed by atoms with E-state index in [-0.39, 0.29) is 31.1 Å². The summed E-state index contributed by atoms with van der Waals surface area (Å²) in [6, 6.07) is 0. The van der Waals surface area contributed by atoms with E-state index in [0.29, 0.717) is 19.3 Å². The van der Waals surface area contributed by atoms with Gasteiger partial charge in [0, 0.05) is 19.3 Å². The van der Waals surface area contributed by atoms with Gasteiger partial charge in [-0.2, -0.15) is 0 Å². The van der Waals surface area contributed by atoms with Crippen LogP contribution in [0.5, 0.6) is 0 Å². The van der Waals surface area contributed by atoms with Crippen molar-refractivity contribution in [2.75, 3.05) is 13.2 Å². The molecule has 452 valence electrons. The molecule has 0 N–H and O–H groups in total. The average Bonchev–Trinajstić information content (AvgIpc) is 3.45. The van der Waals surface area contributed by atoms with Gasteiger partial charge in [-0.25, -0.2) is 0 Å². The van der Waals surface area contributed by atoms with Crippen LogP contribution >= 0.6 is 0 Å². The first-order valence-corrected chi connectivity index (χ1v) is 33.4. The maximum absolute atomic E-state index is 12.9. The smallest absolute Gasteiger partial charge is 0.306 e. The summed E-state index contributed by atoms with van der Waals surface area (Å²) in [6.45, 7) is 6.50. The van der Waals surface area contributed by atoms with Crippen LogP contribution in [0.4, 0.5) is 0 Å². The SMILES string of the molecule is CC/C=C\C/C=C\C/C=C\C/C=C\C/C=C\CCCCCCCCCCCC(=O)OCC(COC(=O)CCCCCCC/C=C\C/C=C\CCCCC)OC(=O)CCCCCCCCCCC/C=C\C/C=C\CCCCCCC. The van der Waals surface area contributed by atoms with E-state index < -0.39 is 6.10 Å². The molecule has 0 amide bonds. The minimum absolute atomic E-state index is 0.0877. The van der Waals surface area contributed by atoms with Crippen molar-refractivity contribution in [1.82, 2.24) is 0 Å². The van der Waals surface area contributed by atoms with Crippen LogP contribution in [0.3, 0.4) is 0 Å². The molecule has 1 atom stereocenters. The number of ether oxygens (including phenoxy) is 3. The van der Waals surface area contributed by atoms with Crippen LogP contribution in [0.15, 0.2) is 109 Å². The first-order chi connectivity index (χ1) is 39.0. The highest BCUT2D eigenvalue weighted by Gasteiger charge is 2.19. The van der Waals surface area contributed by atoms with Crippen LogP contribution in [-0.4, -0.2) is 37.2 Å². The summed E-state index contributed by atoms with van der Waals surface area (Å²) in [4.78, 5) is 38.4. The van der Waals surface area contributed by atoms with E-state index in [2.05, 4.69) is 130 Å². The van der Waals surface area contributed by atoms with Crippen LogP contribution in [0.1, 0.15) is 316 Å². The number of hydrogen-bond donors (Lipinski definition) is 0. The fraction of sp³-hybridized carbons (Fsp3) is 0.712. The average molecular weight is 1100 g/mol. The first kappa shape index (κ1) is 75.1. The van der Waals surface area contributed by atoms with Gasteiger partial charge in [-0.3, -0.25) is 14.4 Å². The molecule has 79 heavy (non-hydrogen) atoms. The Morgan fingerprint density at radius 1 is 0.266 bits per heavy atom. The molecule has 0 aliphatic rings. The van der Waals surface area contributed by atoms with Gasteiger partial charge in [-0.05, 0) is 128 Å². The number of carbonyl (C=O) groups excluding carboxylic acids is 3. The highest BCUT2D eigenvalue weighted by molar-refractivity contribution is 5.71. The first-order valence-electron chi connectivity index (χ1n) is 33.4. The van der Waals surface area contributed by atoms with Crippen LogP contribution in [0, 0.1) is 0 Å². The Bertz CT molecular complexity index is 1590. The minimum Gasteiger partial charge on any atom is -0.462 e. The zero-order chi connectivity index (χ0) is 57.1. The second-order valence-corrected chi connectivity index (χ2v) is 22.0. The summed E-state index contributed by atoms with van der Waals surface area (Å²) < 4.78 is 16.9. The van der Waals surface area contributed by atoms with Crippen molar-refractivity contribution in [2.24, 2.45) is 0 Å². The Kier molecular flexibility index (Phi) is 63.3. The van der Waals surface area contributed by atoms with Crippen molar-refractivity contribution >= 4 is 17.9 Å². The molecule has 0 aromatic carbocycles. The van der Waals surface area contributed by atoms with E-state index >= 15 is 0 Å². The third-order valence-corrected chi connectivity index (χ3v) is 14.2.